The van der Waals surface area contributed by atoms with Gasteiger partial charge in [0.1, 0.15) is 52.9 Å². The largest absolute Gasteiger partial charge is 4.00 e. The van der Waals surface area contributed by atoms with E-state index in [0.717, 1.165) is 0 Å². The molecule has 0 amide bonds. The Labute approximate surface area is 446 Å². The maximum atomic E-state index is 11.0. The molecule has 0 radical (unpaired) electrons. The van der Waals surface area contributed by atoms with Crippen molar-refractivity contribution in [3.8, 4) is 0 Å². The van der Waals surface area contributed by atoms with Gasteiger partial charge in [0.05, 0.1) is 52.9 Å². The zero-order valence-corrected chi connectivity index (χ0v) is 33.5. The predicted octanol–water partition coefficient (Wildman–Crippen LogP) is 14.3. The second-order valence-corrected chi connectivity index (χ2v) is 8.26. The molecule has 0 aromatic rings. The minimum Gasteiger partial charge on any atom is -0.411 e. The van der Waals surface area contributed by atoms with Crippen molar-refractivity contribution < 1.29 is 145 Å². The second-order valence-electron chi connectivity index (χ2n) is 8.26. The fraction of sp³-hybridized carbons (Fsp3) is 0.909. The summed E-state index contributed by atoms with van der Waals surface area (Å²) < 4.78 is 127. The van der Waals surface area contributed by atoms with Gasteiger partial charge in [-0.2, -0.15) is 39.5 Å². The summed E-state index contributed by atoms with van der Waals surface area (Å²) in [6.07, 6.45) is 6.76. The van der Waals surface area contributed by atoms with Crippen molar-refractivity contribution in [3.05, 3.63) is 25.7 Å². The van der Waals surface area contributed by atoms with Crippen LogP contribution in [-0.4, -0.2) is 159 Å². The fourth-order valence-corrected chi connectivity index (χ4v) is 2.25. The monoisotopic (exact) mass is 1290 g/mol. The zero-order valence-electron chi connectivity index (χ0n) is 29.3. The molecule has 0 saturated carbocycles. The molecule has 0 bridgehead atoms. The molecule has 25 heteroatoms. The Morgan fingerprint density at radius 2 is 0.261 bits per heavy atom. The van der Waals surface area contributed by atoms with Crippen LogP contribution in [0.5, 0.6) is 0 Å². The zero-order chi connectivity index (χ0) is 39.1. The first-order chi connectivity index (χ1) is 25.7. The van der Waals surface area contributed by atoms with Crippen molar-refractivity contribution in [1.29, 1.82) is 0 Å². The van der Waals surface area contributed by atoms with E-state index in [9.17, 15) is 36.2 Å². The normalized spacial score (nSPS) is 8.00. The van der Waals surface area contributed by atoms with E-state index in [1.807, 2.05) is 0 Å². The van der Waals surface area contributed by atoms with Gasteiger partial charge < -0.3 is 37.9 Å². The van der Waals surface area contributed by atoms with Crippen LogP contribution in [0.25, 0.3) is 0 Å². The van der Waals surface area contributed by atoms with Crippen molar-refractivity contribution in [2.45, 2.75) is 119 Å². The van der Waals surface area contributed by atoms with Crippen molar-refractivity contribution in [2.24, 2.45) is 0 Å². The quantitative estimate of drug-likeness (QED) is 0.0325. The van der Waals surface area contributed by atoms with Crippen molar-refractivity contribution in [2.75, 3.05) is 159 Å². The van der Waals surface area contributed by atoms with Gasteiger partial charge >= 0.3 is 31.1 Å². The third-order valence-electron chi connectivity index (χ3n) is 4.32. The Hall–Kier alpha value is -0.148. The Morgan fingerprint density at radius 1 is 0.174 bits per heavy atom. The molecule has 0 heterocycles. The molecule has 69 heavy (non-hydrogen) atoms. The van der Waals surface area contributed by atoms with Crippen LogP contribution in [-0.2, 0) is 77.4 Å². The molecule has 0 aliphatic heterocycles. The number of hydrogen-bond acceptors (Lipinski definition) is 16. The summed E-state index contributed by atoms with van der Waals surface area (Å²) in [5.41, 5.74) is 0. The van der Waals surface area contributed by atoms with Crippen LogP contribution in [0.4, 0.5) is 36.2 Å². The fourth-order valence-electron chi connectivity index (χ4n) is 2.25. The van der Waals surface area contributed by atoms with Crippen LogP contribution < -0.4 is 0 Å². The third kappa shape index (κ3) is 185. The molecular formula is C44H116F8O16U. The maximum Gasteiger partial charge on any atom is 4.00 e. The minimum absolute atomic E-state index is 0. The molecule has 0 saturated heterocycles. The van der Waals surface area contributed by atoms with E-state index in [1.165, 1.54) is 0 Å². The number of halogens is 8. The SMILES string of the molecule is C.C.C.C.C.C.C.C.C.C.C.C.C.C.C.C.FOCCOC[CH-]COCCOF.FOCCOC[CH-]COCCOF.FOCCOC[CH-]COCCOF.FOCCOC[CH-]COCCOF.[U+4]. The molecule has 16 nitrogen and oxygen atoms in total. The van der Waals surface area contributed by atoms with Crippen LogP contribution in [0.1, 0.15) is 119 Å². The Balaban J connectivity index is -0.0000000217. The van der Waals surface area contributed by atoms with E-state index in [0.29, 0.717) is 52.9 Å². The molecule has 0 fully saturated rings. The van der Waals surface area contributed by atoms with Gasteiger partial charge in [-0.15, -0.1) is 0 Å². The van der Waals surface area contributed by atoms with Crippen molar-refractivity contribution >= 4 is 0 Å². The number of ether oxygens (including phenoxy) is 8. The summed E-state index contributed by atoms with van der Waals surface area (Å²) in [5.74, 6) is 0. The molecule has 0 spiro atoms. The van der Waals surface area contributed by atoms with Crippen LogP contribution in [0.3, 0.4) is 0 Å². The van der Waals surface area contributed by atoms with Gasteiger partial charge in [-0.1, -0.05) is 172 Å². The third-order valence-corrected chi connectivity index (χ3v) is 4.32. The smallest absolute Gasteiger partial charge is 0.411 e. The summed E-state index contributed by atoms with van der Waals surface area (Å²) in [6, 6.07) is 0. The Bertz CT molecular complexity index is 446. The van der Waals surface area contributed by atoms with Crippen LogP contribution in [0, 0.1) is 56.8 Å². The van der Waals surface area contributed by atoms with E-state index in [-0.39, 0.29) is 256 Å². The molecule has 0 unspecified atom stereocenters. The molecule has 0 atom stereocenters. The second kappa shape index (κ2) is 158. The van der Waals surface area contributed by atoms with Gasteiger partial charge in [0, 0.05) is 0 Å². The number of hydrogen-bond donors (Lipinski definition) is 0. The van der Waals surface area contributed by atoms with Gasteiger partial charge in [0.15, 0.2) is 0 Å². The molecular weight excluding hydrogens is 1170 g/mol. The average Bonchev–Trinajstić information content (AvgIpc) is 3.16. The Kier molecular flexibility index (Phi) is 316. The van der Waals surface area contributed by atoms with Crippen LogP contribution in [0.15, 0.2) is 0 Å². The molecule has 0 aliphatic rings. The Morgan fingerprint density at radius 3 is 0.333 bits per heavy atom. The van der Waals surface area contributed by atoms with Crippen molar-refractivity contribution in [3.63, 3.8) is 0 Å². The van der Waals surface area contributed by atoms with Gasteiger partial charge in [-0.25, -0.2) is 0 Å². The van der Waals surface area contributed by atoms with Gasteiger partial charge in [0.2, 0.25) is 0 Å². The molecule has 0 N–H and O–H groups in total. The first kappa shape index (κ1) is 138. The van der Waals surface area contributed by atoms with E-state index >= 15 is 0 Å². The minimum atomic E-state index is -0.0790. The molecule has 0 aromatic heterocycles. The van der Waals surface area contributed by atoms with E-state index in [2.05, 4.69) is 39.5 Å². The average molecular weight is 1290 g/mol. The van der Waals surface area contributed by atoms with E-state index in [4.69, 9.17) is 37.9 Å². The van der Waals surface area contributed by atoms with Crippen molar-refractivity contribution in [1.82, 2.24) is 0 Å². The summed E-state index contributed by atoms with van der Waals surface area (Å²) >= 11 is 0. The molecule has 0 aliphatic carbocycles. The first-order valence-corrected chi connectivity index (χ1v) is 15.4. The molecule has 0 aromatic carbocycles. The maximum absolute atomic E-state index is 11.0. The predicted molar refractivity (Wildman–Crippen MR) is 268 cm³/mol. The van der Waals surface area contributed by atoms with E-state index < -0.39 is 0 Å². The van der Waals surface area contributed by atoms with Crippen LogP contribution >= 0.6 is 0 Å². The first-order valence-electron chi connectivity index (χ1n) is 15.4. The molecule has 448 valence electrons. The summed E-state index contributed by atoms with van der Waals surface area (Å²) in [5, 5.41) is 0. The van der Waals surface area contributed by atoms with Gasteiger partial charge in [-0.3, -0.25) is 25.7 Å². The van der Waals surface area contributed by atoms with Gasteiger partial charge in [-0.05, 0) is 36.2 Å². The summed E-state index contributed by atoms with van der Waals surface area (Å²) in [6.45, 7) is 3.70. The van der Waals surface area contributed by atoms with E-state index in [1.54, 1.807) is 25.7 Å². The molecule has 0 rings (SSSR count). The van der Waals surface area contributed by atoms with Crippen LogP contribution in [0.2, 0.25) is 0 Å². The van der Waals surface area contributed by atoms with Gasteiger partial charge in [0.25, 0.3) is 0 Å². The standard InChI is InChI=1S/4C7H13F2O4.16CH4.U/c4*8-12-6-4-10-2-1-3-11-5-7-13-9;;;;;;;;;;;;;;;;;/h4*1H,2-7H2;16*1H4;/q4*-1;;;;;;;;;;;;;;;;;+4. The number of rotatable bonds is 40. The summed E-state index contributed by atoms with van der Waals surface area (Å²) in [4.78, 5) is 26.2. The topological polar surface area (TPSA) is 148 Å². The summed E-state index contributed by atoms with van der Waals surface area (Å²) in [7, 11) is 0.